The van der Waals surface area contributed by atoms with Gasteiger partial charge in [-0.2, -0.15) is 0 Å². The molecule has 0 aromatic rings. The van der Waals surface area contributed by atoms with Crippen molar-refractivity contribution in [3.63, 3.8) is 0 Å². The monoisotopic (exact) mass is 262 g/mol. The highest BCUT2D eigenvalue weighted by molar-refractivity contribution is 4.66. The fourth-order valence-corrected chi connectivity index (χ4v) is 1.86. The van der Waals surface area contributed by atoms with E-state index in [0.717, 1.165) is 19.5 Å². The van der Waals surface area contributed by atoms with Crippen molar-refractivity contribution < 1.29 is 14.2 Å². The van der Waals surface area contributed by atoms with E-state index >= 15 is 0 Å². The van der Waals surface area contributed by atoms with Gasteiger partial charge in [0.15, 0.2) is 0 Å². The standard InChI is InChI=1S/C13H30N2O3/c1-5-15(11-9-10-14)12-13(16-6-2,17-7-3)18-8-4/h5-12,14H2,1-4H3. The Hall–Kier alpha value is -0.200. The molecule has 0 aliphatic carbocycles. The first kappa shape index (κ1) is 17.8. The number of nitrogens with two attached hydrogens (primary N) is 1. The van der Waals surface area contributed by atoms with Crippen LogP contribution in [-0.2, 0) is 14.2 Å². The topological polar surface area (TPSA) is 57.0 Å². The molecular formula is C13H30N2O3. The Kier molecular flexibility index (Phi) is 10.6. The molecule has 0 fully saturated rings. The average molecular weight is 262 g/mol. The van der Waals surface area contributed by atoms with E-state index in [1.54, 1.807) is 0 Å². The minimum absolute atomic E-state index is 0.564. The Morgan fingerprint density at radius 3 is 1.78 bits per heavy atom. The number of likely N-dealkylation sites (N-methyl/N-ethyl adjacent to an activating group) is 1. The molecule has 0 unspecified atom stereocenters. The molecule has 18 heavy (non-hydrogen) atoms. The Morgan fingerprint density at radius 2 is 1.44 bits per heavy atom. The largest absolute Gasteiger partial charge is 0.330 e. The predicted molar refractivity (Wildman–Crippen MR) is 73.4 cm³/mol. The highest BCUT2D eigenvalue weighted by Crippen LogP contribution is 2.18. The number of hydrogen-bond acceptors (Lipinski definition) is 5. The van der Waals surface area contributed by atoms with Crippen LogP contribution in [0.15, 0.2) is 0 Å². The summed E-state index contributed by atoms with van der Waals surface area (Å²) >= 11 is 0. The van der Waals surface area contributed by atoms with Gasteiger partial charge in [0.25, 0.3) is 5.97 Å². The van der Waals surface area contributed by atoms with Crippen LogP contribution >= 0.6 is 0 Å². The van der Waals surface area contributed by atoms with Crippen LogP contribution in [0.3, 0.4) is 0 Å². The molecule has 0 rings (SSSR count). The van der Waals surface area contributed by atoms with Crippen molar-refractivity contribution in [3.8, 4) is 0 Å². The SMILES string of the molecule is CCOC(CN(CC)CCCN)(OCC)OCC. The van der Waals surface area contributed by atoms with E-state index in [9.17, 15) is 0 Å². The molecule has 0 aromatic carbocycles. The first-order valence-corrected chi connectivity index (χ1v) is 7.02. The van der Waals surface area contributed by atoms with Gasteiger partial charge in [-0.25, -0.2) is 0 Å². The summed E-state index contributed by atoms with van der Waals surface area (Å²) in [6.07, 6.45) is 0.967. The Bertz CT molecular complexity index is 174. The van der Waals surface area contributed by atoms with Gasteiger partial charge in [0.05, 0.1) is 6.54 Å². The smallest absolute Gasteiger partial charge is 0.296 e. The van der Waals surface area contributed by atoms with Crippen LogP contribution in [-0.4, -0.2) is 56.9 Å². The lowest BCUT2D eigenvalue weighted by Gasteiger charge is -2.36. The van der Waals surface area contributed by atoms with Gasteiger partial charge in [0.2, 0.25) is 0 Å². The second-order valence-electron chi connectivity index (χ2n) is 3.99. The Morgan fingerprint density at radius 1 is 0.944 bits per heavy atom. The molecule has 0 radical (unpaired) electrons. The van der Waals surface area contributed by atoms with Gasteiger partial charge in [0.1, 0.15) is 0 Å². The summed E-state index contributed by atoms with van der Waals surface area (Å²) < 4.78 is 17.1. The van der Waals surface area contributed by atoms with Crippen molar-refractivity contribution in [2.45, 2.75) is 40.1 Å². The summed E-state index contributed by atoms with van der Waals surface area (Å²) in [5.74, 6) is -0.942. The van der Waals surface area contributed by atoms with Crippen LogP contribution in [0.5, 0.6) is 0 Å². The Labute approximate surface area is 112 Å². The molecule has 5 nitrogen and oxygen atoms in total. The van der Waals surface area contributed by atoms with Crippen molar-refractivity contribution >= 4 is 0 Å². The zero-order valence-corrected chi connectivity index (χ0v) is 12.4. The lowest BCUT2D eigenvalue weighted by Crippen LogP contribution is -2.50. The quantitative estimate of drug-likeness (QED) is 0.539. The number of hydrogen-bond donors (Lipinski definition) is 1. The fraction of sp³-hybridized carbons (Fsp3) is 1.00. The van der Waals surface area contributed by atoms with E-state index in [1.807, 2.05) is 20.8 Å². The van der Waals surface area contributed by atoms with Crippen LogP contribution in [0.2, 0.25) is 0 Å². The normalized spacial score (nSPS) is 12.3. The van der Waals surface area contributed by atoms with Gasteiger partial charge < -0.3 is 19.9 Å². The first-order chi connectivity index (χ1) is 8.67. The van der Waals surface area contributed by atoms with E-state index in [1.165, 1.54) is 0 Å². The minimum Gasteiger partial charge on any atom is -0.330 e. The molecule has 5 heteroatoms. The fourth-order valence-electron chi connectivity index (χ4n) is 1.86. The maximum absolute atomic E-state index is 5.71. The summed E-state index contributed by atoms with van der Waals surface area (Å²) in [4.78, 5) is 2.24. The van der Waals surface area contributed by atoms with E-state index in [2.05, 4.69) is 11.8 Å². The van der Waals surface area contributed by atoms with E-state index in [4.69, 9.17) is 19.9 Å². The number of ether oxygens (including phenoxy) is 3. The number of nitrogens with zero attached hydrogens (tertiary/aromatic N) is 1. The molecule has 0 aliphatic rings. The van der Waals surface area contributed by atoms with Gasteiger partial charge in [-0.05, 0) is 46.8 Å². The van der Waals surface area contributed by atoms with Crippen LogP contribution in [0, 0.1) is 0 Å². The molecule has 0 aliphatic heterocycles. The molecule has 0 amide bonds. The third-order valence-corrected chi connectivity index (χ3v) is 2.64. The summed E-state index contributed by atoms with van der Waals surface area (Å²) in [5.41, 5.74) is 5.55. The summed E-state index contributed by atoms with van der Waals surface area (Å²) in [5, 5.41) is 0. The second kappa shape index (κ2) is 10.7. The van der Waals surface area contributed by atoms with Crippen LogP contribution < -0.4 is 5.73 Å². The molecule has 0 bridgehead atoms. The average Bonchev–Trinajstić information content (AvgIpc) is 2.35. The van der Waals surface area contributed by atoms with Crippen molar-refractivity contribution in [3.05, 3.63) is 0 Å². The maximum Gasteiger partial charge on any atom is 0.296 e. The first-order valence-electron chi connectivity index (χ1n) is 7.02. The summed E-state index contributed by atoms with van der Waals surface area (Å²) in [6, 6.07) is 0. The van der Waals surface area contributed by atoms with Gasteiger partial charge in [-0.15, -0.1) is 0 Å². The van der Waals surface area contributed by atoms with Crippen LogP contribution in [0.1, 0.15) is 34.1 Å². The third-order valence-electron chi connectivity index (χ3n) is 2.64. The second-order valence-corrected chi connectivity index (χ2v) is 3.99. The Balaban J connectivity index is 4.58. The predicted octanol–water partition coefficient (Wildman–Crippen LogP) is 1.42. The van der Waals surface area contributed by atoms with E-state index < -0.39 is 5.97 Å². The van der Waals surface area contributed by atoms with Gasteiger partial charge in [0, 0.05) is 19.8 Å². The van der Waals surface area contributed by atoms with E-state index in [0.29, 0.717) is 32.9 Å². The molecule has 0 atom stereocenters. The van der Waals surface area contributed by atoms with Crippen molar-refractivity contribution in [2.24, 2.45) is 5.73 Å². The van der Waals surface area contributed by atoms with Gasteiger partial charge in [-0.1, -0.05) is 6.92 Å². The highest BCUT2D eigenvalue weighted by Gasteiger charge is 2.34. The molecule has 0 heterocycles. The third kappa shape index (κ3) is 6.66. The molecule has 110 valence electrons. The van der Waals surface area contributed by atoms with Gasteiger partial charge in [-0.3, -0.25) is 4.90 Å². The van der Waals surface area contributed by atoms with Crippen molar-refractivity contribution in [1.29, 1.82) is 0 Å². The number of rotatable bonds is 12. The van der Waals surface area contributed by atoms with E-state index in [-0.39, 0.29) is 0 Å². The lowest BCUT2D eigenvalue weighted by molar-refractivity contribution is -0.380. The molecule has 0 aromatic heterocycles. The molecule has 0 spiro atoms. The zero-order valence-electron chi connectivity index (χ0n) is 12.4. The molecule has 2 N–H and O–H groups in total. The van der Waals surface area contributed by atoms with Crippen LogP contribution in [0.4, 0.5) is 0 Å². The van der Waals surface area contributed by atoms with Crippen LogP contribution in [0.25, 0.3) is 0 Å². The summed E-state index contributed by atoms with van der Waals surface area (Å²) in [6.45, 7) is 12.8. The van der Waals surface area contributed by atoms with Gasteiger partial charge >= 0.3 is 0 Å². The molecule has 0 saturated carbocycles. The van der Waals surface area contributed by atoms with Crippen molar-refractivity contribution in [1.82, 2.24) is 4.90 Å². The zero-order chi connectivity index (χ0) is 13.9. The maximum atomic E-state index is 5.71. The van der Waals surface area contributed by atoms with Crippen molar-refractivity contribution in [2.75, 3.05) is 46.0 Å². The highest BCUT2D eigenvalue weighted by atomic mass is 16.9. The summed E-state index contributed by atoms with van der Waals surface area (Å²) in [7, 11) is 0. The minimum atomic E-state index is -0.942. The molecule has 0 saturated heterocycles. The lowest BCUT2D eigenvalue weighted by atomic mass is 10.3. The molecular weight excluding hydrogens is 232 g/mol.